The molecule has 1 aromatic heterocycles. The third kappa shape index (κ3) is 3.01. The summed E-state index contributed by atoms with van der Waals surface area (Å²) in [5, 5.41) is 5.45. The van der Waals surface area contributed by atoms with Crippen molar-refractivity contribution >= 4 is 11.8 Å². The van der Waals surface area contributed by atoms with Gasteiger partial charge in [-0.15, -0.1) is 0 Å². The van der Waals surface area contributed by atoms with Crippen molar-refractivity contribution < 1.29 is 4.74 Å². The van der Waals surface area contributed by atoms with Crippen molar-refractivity contribution in [1.29, 1.82) is 0 Å². The Morgan fingerprint density at radius 2 is 2.08 bits per heavy atom. The second kappa shape index (κ2) is 6.90. The van der Waals surface area contributed by atoms with E-state index >= 15 is 0 Å². The molecule has 5 heteroatoms. The van der Waals surface area contributed by atoms with Crippen molar-refractivity contribution in [3.05, 3.63) is 47.3 Å². The van der Waals surface area contributed by atoms with Gasteiger partial charge in [-0.3, -0.25) is 4.90 Å². The van der Waals surface area contributed by atoms with Crippen LogP contribution >= 0.6 is 11.8 Å². The molecule has 0 N–H and O–H groups in total. The van der Waals surface area contributed by atoms with Gasteiger partial charge in [0, 0.05) is 48.0 Å². The molecule has 0 radical (unpaired) electrons. The van der Waals surface area contributed by atoms with E-state index in [1.165, 1.54) is 23.6 Å². The van der Waals surface area contributed by atoms with Crippen LogP contribution in [0, 0.1) is 13.8 Å². The molecule has 2 fully saturated rings. The lowest BCUT2D eigenvalue weighted by molar-refractivity contribution is 0.0350. The number of nitrogens with zero attached hydrogens (tertiary/aromatic N) is 3. The van der Waals surface area contributed by atoms with E-state index in [4.69, 9.17) is 9.84 Å². The number of rotatable bonds is 3. The van der Waals surface area contributed by atoms with Crippen LogP contribution in [-0.2, 0) is 11.3 Å². The van der Waals surface area contributed by atoms with E-state index in [0.717, 1.165) is 37.6 Å². The van der Waals surface area contributed by atoms with Gasteiger partial charge in [0.25, 0.3) is 0 Å². The number of para-hydroxylation sites is 1. The van der Waals surface area contributed by atoms with Crippen molar-refractivity contribution in [2.45, 2.75) is 38.1 Å². The van der Waals surface area contributed by atoms with Crippen LogP contribution in [0.4, 0.5) is 0 Å². The van der Waals surface area contributed by atoms with Crippen LogP contribution in [0.5, 0.6) is 0 Å². The Morgan fingerprint density at radius 3 is 2.92 bits per heavy atom. The molecule has 0 unspecified atom stereocenters. The molecule has 2 saturated heterocycles. The molecule has 2 aliphatic heterocycles. The van der Waals surface area contributed by atoms with Gasteiger partial charge in [-0.25, -0.2) is 4.68 Å². The van der Waals surface area contributed by atoms with Crippen LogP contribution in [0.25, 0.3) is 5.69 Å². The zero-order valence-electron chi connectivity index (χ0n) is 14.4. The summed E-state index contributed by atoms with van der Waals surface area (Å²) in [6, 6.07) is 11.1. The van der Waals surface area contributed by atoms with E-state index in [2.05, 4.69) is 59.5 Å². The quantitative estimate of drug-likeness (QED) is 0.856. The van der Waals surface area contributed by atoms with E-state index in [1.807, 2.05) is 6.07 Å². The maximum absolute atomic E-state index is 5.68. The van der Waals surface area contributed by atoms with Gasteiger partial charge in [-0.05, 0) is 32.4 Å². The van der Waals surface area contributed by atoms with E-state index in [0.29, 0.717) is 11.3 Å². The molecular weight excluding hydrogens is 318 g/mol. The monoisotopic (exact) mass is 343 g/mol. The molecule has 4 nitrogen and oxygen atoms in total. The minimum absolute atomic E-state index is 0.636. The Balaban J connectivity index is 1.59. The van der Waals surface area contributed by atoms with Crippen LogP contribution < -0.4 is 0 Å². The van der Waals surface area contributed by atoms with Gasteiger partial charge >= 0.3 is 0 Å². The molecule has 128 valence electrons. The number of benzene rings is 1. The molecule has 4 rings (SSSR count). The van der Waals surface area contributed by atoms with Crippen molar-refractivity contribution in [1.82, 2.24) is 14.7 Å². The predicted octanol–water partition coefficient (Wildman–Crippen LogP) is 3.20. The Hall–Kier alpha value is -1.30. The average molecular weight is 343 g/mol. The number of hydrogen-bond acceptors (Lipinski definition) is 4. The molecule has 0 saturated carbocycles. The minimum atomic E-state index is 0.636. The largest absolute Gasteiger partial charge is 0.380 e. The third-order valence-corrected chi connectivity index (χ3v) is 6.55. The second-order valence-corrected chi connectivity index (χ2v) is 8.05. The highest BCUT2D eigenvalue weighted by molar-refractivity contribution is 8.00. The standard InChI is InChI=1S/C19H25N3OS/c1-14-17(15(2)22(20-14)16-6-4-3-5-7-16)12-21-9-11-24-19-13-23-10-8-18(19)21/h3-7,18-19H,8-13H2,1-2H3/t18-,19+/m1/s1. The summed E-state index contributed by atoms with van der Waals surface area (Å²) in [6.07, 6.45) is 1.16. The van der Waals surface area contributed by atoms with E-state index in [1.54, 1.807) is 0 Å². The first kappa shape index (κ1) is 16.2. The Bertz CT molecular complexity index is 698. The summed E-state index contributed by atoms with van der Waals surface area (Å²) in [4.78, 5) is 2.66. The molecule has 2 aromatic rings. The van der Waals surface area contributed by atoms with E-state index in [-0.39, 0.29) is 0 Å². The van der Waals surface area contributed by atoms with E-state index in [9.17, 15) is 0 Å². The topological polar surface area (TPSA) is 30.3 Å². The SMILES string of the molecule is Cc1nn(-c2ccccc2)c(C)c1CN1CCS[C@H]2COCC[C@H]21. The number of fused-ring (bicyclic) bond motifs is 1. The number of thioether (sulfide) groups is 1. The van der Waals surface area contributed by atoms with Crippen LogP contribution in [0.15, 0.2) is 30.3 Å². The first-order chi connectivity index (χ1) is 11.7. The van der Waals surface area contributed by atoms with Crippen LogP contribution in [0.1, 0.15) is 23.4 Å². The fourth-order valence-electron chi connectivity index (χ4n) is 3.89. The molecule has 24 heavy (non-hydrogen) atoms. The van der Waals surface area contributed by atoms with Gasteiger partial charge in [0.15, 0.2) is 0 Å². The van der Waals surface area contributed by atoms with Crippen molar-refractivity contribution in [3.8, 4) is 5.69 Å². The van der Waals surface area contributed by atoms with Gasteiger partial charge in [0.05, 0.1) is 18.0 Å². The van der Waals surface area contributed by atoms with Crippen molar-refractivity contribution in [3.63, 3.8) is 0 Å². The van der Waals surface area contributed by atoms with Crippen LogP contribution in [-0.4, -0.2) is 51.5 Å². The third-order valence-electron chi connectivity index (χ3n) is 5.25. The summed E-state index contributed by atoms with van der Waals surface area (Å²) in [5.41, 5.74) is 4.94. The first-order valence-corrected chi connectivity index (χ1v) is 9.83. The highest BCUT2D eigenvalue weighted by atomic mass is 32.2. The zero-order chi connectivity index (χ0) is 16.5. The lowest BCUT2D eigenvalue weighted by atomic mass is 10.0. The number of aromatic nitrogens is 2. The smallest absolute Gasteiger partial charge is 0.0648 e. The highest BCUT2D eigenvalue weighted by Crippen LogP contribution is 2.32. The number of hydrogen-bond donors (Lipinski definition) is 0. The molecule has 0 spiro atoms. The first-order valence-electron chi connectivity index (χ1n) is 8.78. The zero-order valence-corrected chi connectivity index (χ0v) is 15.3. The van der Waals surface area contributed by atoms with Crippen molar-refractivity contribution in [2.75, 3.05) is 25.5 Å². The molecule has 2 aliphatic rings. The summed E-state index contributed by atoms with van der Waals surface area (Å²) in [7, 11) is 0. The Labute approximate surface area is 148 Å². The Kier molecular flexibility index (Phi) is 4.66. The molecule has 1 aromatic carbocycles. The molecule has 3 heterocycles. The molecular formula is C19H25N3OS. The summed E-state index contributed by atoms with van der Waals surface area (Å²) in [6.45, 7) is 8.32. The second-order valence-electron chi connectivity index (χ2n) is 6.71. The number of ether oxygens (including phenoxy) is 1. The molecule has 0 bridgehead atoms. The lowest BCUT2D eigenvalue weighted by Crippen LogP contribution is -2.51. The number of aryl methyl sites for hydroxylation is 1. The lowest BCUT2D eigenvalue weighted by Gasteiger charge is -2.43. The molecule has 0 aliphatic carbocycles. The molecule has 0 amide bonds. The predicted molar refractivity (Wildman–Crippen MR) is 98.9 cm³/mol. The van der Waals surface area contributed by atoms with Crippen LogP contribution in [0.2, 0.25) is 0 Å². The highest BCUT2D eigenvalue weighted by Gasteiger charge is 2.35. The van der Waals surface area contributed by atoms with Gasteiger partial charge in [-0.1, -0.05) is 18.2 Å². The van der Waals surface area contributed by atoms with Gasteiger partial charge in [0.2, 0.25) is 0 Å². The minimum Gasteiger partial charge on any atom is -0.380 e. The summed E-state index contributed by atoms with van der Waals surface area (Å²) < 4.78 is 7.77. The summed E-state index contributed by atoms with van der Waals surface area (Å²) >= 11 is 2.08. The Morgan fingerprint density at radius 1 is 1.25 bits per heavy atom. The maximum atomic E-state index is 5.68. The summed E-state index contributed by atoms with van der Waals surface area (Å²) in [5.74, 6) is 1.20. The van der Waals surface area contributed by atoms with Crippen LogP contribution in [0.3, 0.4) is 0 Å². The van der Waals surface area contributed by atoms with Gasteiger partial charge < -0.3 is 4.74 Å². The van der Waals surface area contributed by atoms with Crippen molar-refractivity contribution in [2.24, 2.45) is 0 Å². The average Bonchev–Trinajstić information content (AvgIpc) is 2.91. The fraction of sp³-hybridized carbons (Fsp3) is 0.526. The normalized spacial score (nSPS) is 24.8. The maximum Gasteiger partial charge on any atom is 0.0648 e. The van der Waals surface area contributed by atoms with Gasteiger partial charge in [-0.2, -0.15) is 16.9 Å². The van der Waals surface area contributed by atoms with E-state index < -0.39 is 0 Å². The molecule has 2 atom stereocenters. The fourth-order valence-corrected chi connectivity index (χ4v) is 5.25. The van der Waals surface area contributed by atoms with Gasteiger partial charge in [0.1, 0.15) is 0 Å².